The number of aromatic nitrogens is 2. The molecule has 1 fully saturated rings. The average molecular weight is 447 g/mol. The van der Waals surface area contributed by atoms with Gasteiger partial charge in [0, 0.05) is 44.6 Å². The lowest BCUT2D eigenvalue weighted by Crippen LogP contribution is -2.44. The first kappa shape index (κ1) is 23.3. The first-order valence-corrected chi connectivity index (χ1v) is 11.9. The Morgan fingerprint density at radius 2 is 2.13 bits per heavy atom. The summed E-state index contributed by atoms with van der Waals surface area (Å²) in [5, 5.41) is 2.90. The van der Waals surface area contributed by atoms with Gasteiger partial charge in [0.2, 0.25) is 0 Å². The standard InChI is InChI=1S/C22H31N5O3S/c1-16-14-30-12-10-27(16)20-13-19(15-31-4)23-21(25-20)17-5-7-18(8-6-17)24-22(28)26(2)9-11-29-3/h5-8,13,16H,9-12,14-15H2,1-4H3,(H,24,28)/p+1/t16-/m0/s1. The third kappa shape index (κ3) is 6.32. The molecular weight excluding hydrogens is 414 g/mol. The second-order valence-corrected chi connectivity index (χ2v) is 8.50. The minimum atomic E-state index is -0.173. The minimum absolute atomic E-state index is 0.173. The molecule has 1 aromatic heterocycles. The summed E-state index contributed by atoms with van der Waals surface area (Å²) >= 11 is 1.26. The topological polar surface area (TPSA) is 79.8 Å². The molecule has 8 nitrogen and oxygen atoms in total. The Bertz CT molecular complexity index is 865. The zero-order valence-corrected chi connectivity index (χ0v) is 19.6. The van der Waals surface area contributed by atoms with Gasteiger partial charge in [-0.25, -0.2) is 14.8 Å². The van der Waals surface area contributed by atoms with Crippen molar-refractivity contribution in [1.82, 2.24) is 14.9 Å². The van der Waals surface area contributed by atoms with E-state index >= 15 is 0 Å². The smallest absolute Gasteiger partial charge is 0.321 e. The van der Waals surface area contributed by atoms with E-state index in [0.717, 1.165) is 35.1 Å². The molecule has 3 rings (SSSR count). The Morgan fingerprint density at radius 3 is 2.81 bits per heavy atom. The number of nitrogens with zero attached hydrogens (tertiary/aromatic N) is 4. The Morgan fingerprint density at radius 1 is 1.35 bits per heavy atom. The highest BCUT2D eigenvalue weighted by atomic mass is 32.2. The molecule has 2 amide bonds. The predicted molar refractivity (Wildman–Crippen MR) is 127 cm³/mol. The summed E-state index contributed by atoms with van der Waals surface area (Å²) in [4.78, 5) is 25.8. The first-order chi connectivity index (χ1) is 15.0. The number of hydrogen-bond acceptors (Lipinski definition) is 6. The van der Waals surface area contributed by atoms with Crippen molar-refractivity contribution >= 4 is 29.3 Å². The number of ether oxygens (including phenoxy) is 2. The van der Waals surface area contributed by atoms with Gasteiger partial charge in [-0.1, -0.05) is 0 Å². The number of morpholine rings is 1. The molecule has 1 atom stereocenters. The SMILES string of the molecule is COCCN(C)C(=O)Nc1ccc(-c2nc(C[SH+]C)cc(N3CCOC[C@@H]3C)n2)cc1. The van der Waals surface area contributed by atoms with Gasteiger partial charge in [-0.3, -0.25) is 0 Å². The Kier molecular flexibility index (Phi) is 8.51. The Labute approximate surface area is 188 Å². The van der Waals surface area contributed by atoms with Gasteiger partial charge in [0.05, 0.1) is 37.8 Å². The summed E-state index contributed by atoms with van der Waals surface area (Å²) in [6.45, 7) is 5.41. The number of nitrogens with one attached hydrogen (secondary N) is 1. The van der Waals surface area contributed by atoms with Gasteiger partial charge in [-0.15, -0.1) is 0 Å². The molecule has 0 radical (unpaired) electrons. The van der Waals surface area contributed by atoms with E-state index in [4.69, 9.17) is 19.4 Å². The molecule has 9 heteroatoms. The van der Waals surface area contributed by atoms with Crippen molar-refractivity contribution in [3.05, 3.63) is 36.0 Å². The molecule has 1 N–H and O–H groups in total. The van der Waals surface area contributed by atoms with Gasteiger partial charge in [0.25, 0.3) is 0 Å². The van der Waals surface area contributed by atoms with Crippen LogP contribution in [0.4, 0.5) is 16.3 Å². The number of rotatable bonds is 8. The summed E-state index contributed by atoms with van der Waals surface area (Å²) in [5.41, 5.74) is 2.67. The molecule has 1 aliphatic heterocycles. The number of thiol groups is 1. The highest BCUT2D eigenvalue weighted by Crippen LogP contribution is 2.24. The molecule has 2 aromatic rings. The lowest BCUT2D eigenvalue weighted by Gasteiger charge is -2.34. The van der Waals surface area contributed by atoms with Gasteiger partial charge in [-0.2, -0.15) is 0 Å². The van der Waals surface area contributed by atoms with E-state index in [1.807, 2.05) is 24.3 Å². The van der Waals surface area contributed by atoms with Crippen LogP contribution >= 0.6 is 0 Å². The lowest BCUT2D eigenvalue weighted by atomic mass is 10.2. The normalized spacial score (nSPS) is 16.3. The summed E-state index contributed by atoms with van der Waals surface area (Å²) in [7, 11) is 3.36. The summed E-state index contributed by atoms with van der Waals surface area (Å²) in [5.74, 6) is 2.52. The Balaban J connectivity index is 1.79. The van der Waals surface area contributed by atoms with Gasteiger partial charge < -0.3 is 24.6 Å². The van der Waals surface area contributed by atoms with Crippen LogP contribution in [0.1, 0.15) is 12.6 Å². The molecule has 0 spiro atoms. The van der Waals surface area contributed by atoms with Crippen molar-refractivity contribution in [3.8, 4) is 11.4 Å². The summed E-state index contributed by atoms with van der Waals surface area (Å²) in [6.07, 6.45) is 2.12. The number of benzene rings is 1. The summed E-state index contributed by atoms with van der Waals surface area (Å²) in [6, 6.07) is 9.84. The molecule has 1 aromatic carbocycles. The van der Waals surface area contributed by atoms with Gasteiger partial charge in [0.1, 0.15) is 11.6 Å². The fraction of sp³-hybridized carbons (Fsp3) is 0.500. The van der Waals surface area contributed by atoms with Crippen LogP contribution in [0, 0.1) is 0 Å². The number of anilines is 2. The number of methoxy groups -OCH3 is 1. The molecule has 0 saturated carbocycles. The van der Waals surface area contributed by atoms with Crippen molar-refractivity contribution < 1.29 is 14.3 Å². The van der Waals surface area contributed by atoms with Gasteiger partial charge in [0.15, 0.2) is 5.82 Å². The second-order valence-electron chi connectivity index (χ2n) is 7.55. The van der Waals surface area contributed by atoms with Crippen molar-refractivity contribution in [2.24, 2.45) is 0 Å². The third-order valence-electron chi connectivity index (χ3n) is 5.12. The van der Waals surface area contributed by atoms with Gasteiger partial charge >= 0.3 is 6.03 Å². The lowest BCUT2D eigenvalue weighted by molar-refractivity contribution is 0.0985. The molecule has 1 aliphatic rings. The van der Waals surface area contributed by atoms with E-state index in [9.17, 15) is 4.79 Å². The molecule has 31 heavy (non-hydrogen) atoms. The molecular formula is C22H32N5O3S+. The van der Waals surface area contributed by atoms with E-state index in [1.165, 1.54) is 11.8 Å². The zero-order valence-electron chi connectivity index (χ0n) is 18.7. The maximum Gasteiger partial charge on any atom is 0.321 e. The van der Waals surface area contributed by atoms with Crippen LogP contribution in [-0.4, -0.2) is 80.3 Å². The van der Waals surface area contributed by atoms with Crippen LogP contribution in [0.15, 0.2) is 30.3 Å². The molecule has 1 saturated heterocycles. The van der Waals surface area contributed by atoms with Crippen molar-refractivity contribution in [3.63, 3.8) is 0 Å². The predicted octanol–water partition coefficient (Wildman–Crippen LogP) is 2.42. The number of carbonyl (C=O) groups excluding carboxylic acids is 1. The molecule has 2 heterocycles. The zero-order chi connectivity index (χ0) is 22.2. The quantitative estimate of drug-likeness (QED) is 0.496. The van der Waals surface area contributed by atoms with E-state index in [0.29, 0.717) is 32.2 Å². The van der Waals surface area contributed by atoms with Crippen LogP contribution in [0.5, 0.6) is 0 Å². The van der Waals surface area contributed by atoms with Crippen LogP contribution in [0.2, 0.25) is 0 Å². The maximum absolute atomic E-state index is 12.3. The fourth-order valence-electron chi connectivity index (χ4n) is 3.32. The molecule has 0 bridgehead atoms. The number of amides is 2. The number of urea groups is 1. The van der Waals surface area contributed by atoms with Gasteiger partial charge in [-0.05, 0) is 43.0 Å². The largest absolute Gasteiger partial charge is 0.383 e. The summed E-state index contributed by atoms with van der Waals surface area (Å²) < 4.78 is 10.6. The van der Waals surface area contributed by atoms with Crippen molar-refractivity contribution in [1.29, 1.82) is 0 Å². The van der Waals surface area contributed by atoms with Crippen molar-refractivity contribution in [2.75, 3.05) is 63.5 Å². The van der Waals surface area contributed by atoms with Crippen LogP contribution in [0.3, 0.4) is 0 Å². The second kappa shape index (κ2) is 11.3. The van der Waals surface area contributed by atoms with E-state index < -0.39 is 0 Å². The third-order valence-corrected chi connectivity index (χ3v) is 5.76. The van der Waals surface area contributed by atoms with E-state index in [-0.39, 0.29) is 12.1 Å². The highest BCUT2D eigenvalue weighted by molar-refractivity contribution is 7.76. The minimum Gasteiger partial charge on any atom is -0.383 e. The van der Waals surface area contributed by atoms with E-state index in [2.05, 4.69) is 29.5 Å². The van der Waals surface area contributed by atoms with Crippen LogP contribution in [-0.2, 0) is 27.0 Å². The molecule has 168 valence electrons. The van der Waals surface area contributed by atoms with Crippen molar-refractivity contribution in [2.45, 2.75) is 18.7 Å². The average Bonchev–Trinajstić information content (AvgIpc) is 2.78. The highest BCUT2D eigenvalue weighted by Gasteiger charge is 2.22. The fourth-order valence-corrected chi connectivity index (χ4v) is 3.81. The van der Waals surface area contributed by atoms with E-state index in [1.54, 1.807) is 19.1 Å². The molecule has 0 unspecified atom stereocenters. The number of likely N-dealkylation sites (N-methyl/N-ethyl adjacent to an activating group) is 1. The van der Waals surface area contributed by atoms with Crippen LogP contribution in [0.25, 0.3) is 11.4 Å². The first-order valence-electron chi connectivity index (χ1n) is 10.4. The number of carbonyl (C=O) groups is 1. The number of hydrogen-bond donors (Lipinski definition) is 1. The monoisotopic (exact) mass is 446 g/mol. The molecule has 0 aliphatic carbocycles. The maximum atomic E-state index is 12.3. The Hall–Kier alpha value is -2.36. The van der Waals surface area contributed by atoms with Crippen LogP contribution < -0.4 is 10.2 Å².